The van der Waals surface area contributed by atoms with Crippen LogP contribution in [0.15, 0.2) is 71.5 Å². The number of benzene rings is 3. The van der Waals surface area contributed by atoms with E-state index < -0.39 is 0 Å². The standard InChI is InChI=1S/C23H21N3O2/c1-16-19-11-5-6-13-21(19)23(28)26(24-16)15-22(27)25(2)14-18-10-7-9-17-8-3-4-12-20(17)18/h3-13H,14-15H2,1-2H3. The Bertz CT molecular complexity index is 1240. The van der Waals surface area contributed by atoms with Gasteiger partial charge in [-0.05, 0) is 29.3 Å². The van der Waals surface area contributed by atoms with Crippen LogP contribution in [0.4, 0.5) is 0 Å². The molecule has 0 aliphatic rings. The highest BCUT2D eigenvalue weighted by molar-refractivity contribution is 5.86. The molecule has 140 valence electrons. The molecule has 1 heterocycles. The largest absolute Gasteiger partial charge is 0.340 e. The Hall–Kier alpha value is -3.47. The van der Waals surface area contributed by atoms with Crippen molar-refractivity contribution >= 4 is 27.5 Å². The maximum Gasteiger partial charge on any atom is 0.275 e. The minimum atomic E-state index is -0.242. The highest BCUT2D eigenvalue weighted by atomic mass is 16.2. The van der Waals surface area contributed by atoms with Gasteiger partial charge in [0.2, 0.25) is 5.91 Å². The van der Waals surface area contributed by atoms with Crippen molar-refractivity contribution in [3.63, 3.8) is 0 Å². The average molecular weight is 371 g/mol. The Labute approximate surface area is 162 Å². The summed E-state index contributed by atoms with van der Waals surface area (Å²) in [6.07, 6.45) is 0. The first-order chi connectivity index (χ1) is 13.5. The van der Waals surface area contributed by atoms with E-state index in [9.17, 15) is 9.59 Å². The molecule has 4 aromatic rings. The molecule has 0 N–H and O–H groups in total. The van der Waals surface area contributed by atoms with Gasteiger partial charge in [0.05, 0.1) is 11.1 Å². The van der Waals surface area contributed by atoms with Gasteiger partial charge in [-0.25, -0.2) is 4.68 Å². The van der Waals surface area contributed by atoms with Gasteiger partial charge in [-0.2, -0.15) is 5.10 Å². The number of nitrogens with zero attached hydrogens (tertiary/aromatic N) is 3. The number of aryl methyl sites for hydroxylation is 1. The molecule has 0 unspecified atom stereocenters. The second kappa shape index (κ2) is 7.27. The van der Waals surface area contributed by atoms with Crippen molar-refractivity contribution in [2.75, 3.05) is 7.05 Å². The lowest BCUT2D eigenvalue weighted by Gasteiger charge is -2.19. The molecule has 1 aromatic heterocycles. The van der Waals surface area contributed by atoms with Crippen LogP contribution in [-0.2, 0) is 17.9 Å². The highest BCUT2D eigenvalue weighted by Crippen LogP contribution is 2.19. The number of hydrogen-bond acceptors (Lipinski definition) is 3. The molecule has 5 heteroatoms. The zero-order valence-corrected chi connectivity index (χ0v) is 15.9. The Balaban J connectivity index is 1.59. The molecule has 1 amide bonds. The van der Waals surface area contributed by atoms with Gasteiger partial charge in [0.1, 0.15) is 6.54 Å². The van der Waals surface area contributed by atoms with E-state index in [-0.39, 0.29) is 18.0 Å². The number of rotatable bonds is 4. The summed E-state index contributed by atoms with van der Waals surface area (Å²) in [5.41, 5.74) is 1.57. The third kappa shape index (κ3) is 3.27. The molecule has 0 saturated carbocycles. The summed E-state index contributed by atoms with van der Waals surface area (Å²) >= 11 is 0. The fraction of sp³-hybridized carbons (Fsp3) is 0.174. The first-order valence-electron chi connectivity index (χ1n) is 9.21. The van der Waals surface area contributed by atoms with Crippen LogP contribution < -0.4 is 5.56 Å². The van der Waals surface area contributed by atoms with E-state index in [0.29, 0.717) is 11.9 Å². The van der Waals surface area contributed by atoms with Gasteiger partial charge in [-0.15, -0.1) is 0 Å². The lowest BCUT2D eigenvalue weighted by atomic mass is 10.0. The summed E-state index contributed by atoms with van der Waals surface area (Å²) < 4.78 is 1.26. The van der Waals surface area contributed by atoms with Crippen LogP contribution in [0.1, 0.15) is 11.3 Å². The number of carbonyl (C=O) groups excluding carboxylic acids is 1. The Morgan fingerprint density at radius 2 is 1.57 bits per heavy atom. The number of fused-ring (bicyclic) bond motifs is 2. The van der Waals surface area contributed by atoms with Crippen LogP contribution in [0.5, 0.6) is 0 Å². The molecular weight excluding hydrogens is 350 g/mol. The van der Waals surface area contributed by atoms with Crippen LogP contribution >= 0.6 is 0 Å². The second-order valence-electron chi connectivity index (χ2n) is 6.98. The van der Waals surface area contributed by atoms with E-state index >= 15 is 0 Å². The Morgan fingerprint density at radius 1 is 0.929 bits per heavy atom. The predicted octanol–water partition coefficient (Wildman–Crippen LogP) is 3.52. The molecule has 0 spiro atoms. The first-order valence-corrected chi connectivity index (χ1v) is 9.21. The van der Waals surface area contributed by atoms with Gasteiger partial charge in [-0.3, -0.25) is 9.59 Å². The number of carbonyl (C=O) groups is 1. The molecule has 4 rings (SSSR count). The Kier molecular flexibility index (Phi) is 4.65. The summed E-state index contributed by atoms with van der Waals surface area (Å²) in [6.45, 7) is 2.25. The second-order valence-corrected chi connectivity index (χ2v) is 6.98. The molecule has 5 nitrogen and oxygen atoms in total. The van der Waals surface area contributed by atoms with Crippen LogP contribution in [0.2, 0.25) is 0 Å². The van der Waals surface area contributed by atoms with E-state index in [1.165, 1.54) is 4.68 Å². The van der Waals surface area contributed by atoms with Crippen LogP contribution in [0, 0.1) is 6.92 Å². The van der Waals surface area contributed by atoms with Gasteiger partial charge in [0.25, 0.3) is 5.56 Å². The highest BCUT2D eigenvalue weighted by Gasteiger charge is 2.15. The van der Waals surface area contributed by atoms with Crippen molar-refractivity contribution in [1.82, 2.24) is 14.7 Å². The van der Waals surface area contributed by atoms with E-state index in [4.69, 9.17) is 0 Å². The summed E-state index contributed by atoms with van der Waals surface area (Å²) in [6, 6.07) is 21.5. The molecule has 0 fully saturated rings. The monoisotopic (exact) mass is 371 g/mol. The zero-order valence-electron chi connectivity index (χ0n) is 15.9. The fourth-order valence-corrected chi connectivity index (χ4v) is 3.53. The molecule has 0 bridgehead atoms. The van der Waals surface area contributed by atoms with Crippen molar-refractivity contribution in [1.29, 1.82) is 0 Å². The van der Waals surface area contributed by atoms with Gasteiger partial charge in [-0.1, -0.05) is 60.7 Å². The first kappa shape index (κ1) is 17.9. The Morgan fingerprint density at radius 3 is 2.36 bits per heavy atom. The molecule has 28 heavy (non-hydrogen) atoms. The molecule has 0 aliphatic carbocycles. The molecule has 0 radical (unpaired) electrons. The van der Waals surface area contributed by atoms with Crippen LogP contribution in [0.3, 0.4) is 0 Å². The quantitative estimate of drug-likeness (QED) is 0.552. The maximum absolute atomic E-state index is 12.8. The third-order valence-corrected chi connectivity index (χ3v) is 5.05. The van der Waals surface area contributed by atoms with Crippen molar-refractivity contribution < 1.29 is 4.79 Å². The van der Waals surface area contributed by atoms with Crippen molar-refractivity contribution in [2.24, 2.45) is 0 Å². The van der Waals surface area contributed by atoms with E-state index in [1.54, 1.807) is 18.0 Å². The lowest BCUT2D eigenvalue weighted by Crippen LogP contribution is -2.35. The lowest BCUT2D eigenvalue weighted by molar-refractivity contribution is -0.131. The smallest absolute Gasteiger partial charge is 0.275 e. The van der Waals surface area contributed by atoms with Gasteiger partial charge in [0, 0.05) is 19.0 Å². The van der Waals surface area contributed by atoms with E-state index in [0.717, 1.165) is 27.4 Å². The number of amides is 1. The zero-order chi connectivity index (χ0) is 19.7. The molecule has 0 aliphatic heterocycles. The summed E-state index contributed by atoms with van der Waals surface area (Å²) in [5.74, 6) is -0.155. The predicted molar refractivity (Wildman–Crippen MR) is 111 cm³/mol. The summed E-state index contributed by atoms with van der Waals surface area (Å²) in [5, 5.41) is 8.01. The number of aromatic nitrogens is 2. The van der Waals surface area contributed by atoms with E-state index in [2.05, 4.69) is 23.3 Å². The van der Waals surface area contributed by atoms with Gasteiger partial charge in [0.15, 0.2) is 0 Å². The maximum atomic E-state index is 12.8. The number of hydrogen-bond donors (Lipinski definition) is 0. The fourth-order valence-electron chi connectivity index (χ4n) is 3.53. The van der Waals surface area contributed by atoms with Crippen LogP contribution in [0.25, 0.3) is 21.5 Å². The minimum Gasteiger partial charge on any atom is -0.340 e. The topological polar surface area (TPSA) is 55.2 Å². The average Bonchev–Trinajstić information content (AvgIpc) is 2.72. The van der Waals surface area contributed by atoms with Crippen molar-refractivity contribution in [3.8, 4) is 0 Å². The minimum absolute atomic E-state index is 0.0776. The third-order valence-electron chi connectivity index (χ3n) is 5.05. The summed E-state index contributed by atoms with van der Waals surface area (Å²) in [4.78, 5) is 27.1. The normalized spacial score (nSPS) is 11.1. The van der Waals surface area contributed by atoms with E-state index in [1.807, 2.05) is 49.4 Å². The summed E-state index contributed by atoms with van der Waals surface area (Å²) in [7, 11) is 1.75. The SMILES string of the molecule is Cc1nn(CC(=O)N(C)Cc2cccc3ccccc23)c(=O)c2ccccc12. The molecule has 3 aromatic carbocycles. The van der Waals surface area contributed by atoms with Crippen molar-refractivity contribution in [2.45, 2.75) is 20.0 Å². The van der Waals surface area contributed by atoms with Crippen molar-refractivity contribution in [3.05, 3.63) is 88.3 Å². The van der Waals surface area contributed by atoms with Gasteiger partial charge >= 0.3 is 0 Å². The van der Waals surface area contributed by atoms with Gasteiger partial charge < -0.3 is 4.90 Å². The van der Waals surface area contributed by atoms with Crippen LogP contribution in [-0.4, -0.2) is 27.6 Å². The molecule has 0 atom stereocenters. The number of likely N-dealkylation sites (N-methyl/N-ethyl adjacent to an activating group) is 1. The molecule has 0 saturated heterocycles. The molecular formula is C23H21N3O2.